The molecule has 0 spiro atoms. The van der Waals surface area contributed by atoms with Crippen LogP contribution in [0.5, 0.6) is 0 Å². The fourth-order valence-corrected chi connectivity index (χ4v) is 1.15. The maximum Gasteiger partial charge on any atom is 0.319 e. The van der Waals surface area contributed by atoms with E-state index in [1.807, 2.05) is 0 Å². The lowest BCUT2D eigenvalue weighted by Gasteiger charge is -2.02. The Labute approximate surface area is 74.0 Å². The van der Waals surface area contributed by atoms with Gasteiger partial charge in [-0.1, -0.05) is 12.2 Å². The quantitative estimate of drug-likeness (QED) is 0.335. The topological polar surface area (TPSA) is 35.5 Å². The van der Waals surface area contributed by atoms with Gasteiger partial charge < -0.3 is 9.05 Å². The molecule has 0 unspecified atom stereocenters. The molecule has 3 nitrogen and oxygen atoms in total. The number of hydrogen-bond donors (Lipinski definition) is 0. The fourth-order valence-electron chi connectivity index (χ4n) is 0.493. The van der Waals surface area contributed by atoms with Crippen LogP contribution in [-0.2, 0) is 13.6 Å². The van der Waals surface area contributed by atoms with Crippen LogP contribution in [0.25, 0.3) is 0 Å². The molecule has 0 aromatic carbocycles. The Balaban J connectivity index is 3.21. The van der Waals surface area contributed by atoms with E-state index in [9.17, 15) is 4.57 Å². The zero-order valence-corrected chi connectivity index (χ0v) is 8.12. The molecule has 12 heavy (non-hydrogen) atoms. The number of hydrogen-bond acceptors (Lipinski definition) is 3. The van der Waals surface area contributed by atoms with Crippen LogP contribution in [0.4, 0.5) is 0 Å². The predicted octanol–water partition coefficient (Wildman–Crippen LogP) is 2.56. The van der Waals surface area contributed by atoms with E-state index in [1.165, 1.54) is 0 Å². The summed E-state index contributed by atoms with van der Waals surface area (Å²) in [6.07, 6.45) is 4.81. The molecular formula is C8H15O3P. The van der Waals surface area contributed by atoms with Crippen LogP contribution in [0.2, 0.25) is 0 Å². The van der Waals surface area contributed by atoms with E-state index in [0.29, 0.717) is 26.1 Å². The van der Waals surface area contributed by atoms with Crippen LogP contribution in [0.1, 0.15) is 12.8 Å². The van der Waals surface area contributed by atoms with Gasteiger partial charge in [0.25, 0.3) is 0 Å². The smallest absolute Gasteiger partial charge is 0.310 e. The Hall–Kier alpha value is -0.370. The monoisotopic (exact) mass is 190 g/mol. The third-order valence-electron chi connectivity index (χ3n) is 1.08. The molecule has 0 saturated heterocycles. The van der Waals surface area contributed by atoms with Crippen molar-refractivity contribution in [1.29, 1.82) is 0 Å². The van der Waals surface area contributed by atoms with Crippen molar-refractivity contribution in [2.75, 3.05) is 13.2 Å². The van der Waals surface area contributed by atoms with Gasteiger partial charge in [-0.25, -0.2) is 0 Å². The summed E-state index contributed by atoms with van der Waals surface area (Å²) >= 11 is 0. The van der Waals surface area contributed by atoms with Gasteiger partial charge >= 0.3 is 8.25 Å². The summed E-state index contributed by atoms with van der Waals surface area (Å²) in [6, 6.07) is 0. The van der Waals surface area contributed by atoms with Crippen molar-refractivity contribution < 1.29 is 13.6 Å². The minimum absolute atomic E-state index is 0.412. The summed E-state index contributed by atoms with van der Waals surface area (Å²) in [5, 5.41) is 0. The van der Waals surface area contributed by atoms with E-state index in [1.54, 1.807) is 12.2 Å². The largest absolute Gasteiger partial charge is 0.319 e. The molecule has 0 atom stereocenters. The zero-order valence-electron chi connectivity index (χ0n) is 7.12. The molecule has 0 fully saturated rings. The summed E-state index contributed by atoms with van der Waals surface area (Å²) in [5.41, 5.74) is 0. The van der Waals surface area contributed by atoms with E-state index in [4.69, 9.17) is 9.05 Å². The molecule has 0 amide bonds. The van der Waals surface area contributed by atoms with Crippen LogP contribution in [0.3, 0.4) is 0 Å². The lowest BCUT2D eigenvalue weighted by molar-refractivity contribution is 0.231. The first-order valence-electron chi connectivity index (χ1n) is 3.82. The van der Waals surface area contributed by atoms with Crippen molar-refractivity contribution in [3.05, 3.63) is 25.3 Å². The SMILES string of the molecule is C=CCCO[PH](=O)OCCC=C. The highest BCUT2D eigenvalue weighted by Crippen LogP contribution is 2.23. The van der Waals surface area contributed by atoms with Crippen molar-refractivity contribution in [1.82, 2.24) is 0 Å². The van der Waals surface area contributed by atoms with E-state index >= 15 is 0 Å². The highest BCUT2D eigenvalue weighted by molar-refractivity contribution is 7.33. The predicted molar refractivity (Wildman–Crippen MR) is 50.5 cm³/mol. The first-order valence-corrected chi connectivity index (χ1v) is 5.05. The van der Waals surface area contributed by atoms with Crippen LogP contribution in [0.15, 0.2) is 25.3 Å². The first-order chi connectivity index (χ1) is 5.81. The molecule has 70 valence electrons. The second-order valence-electron chi connectivity index (χ2n) is 2.10. The van der Waals surface area contributed by atoms with Crippen LogP contribution >= 0.6 is 8.25 Å². The molecule has 0 radical (unpaired) electrons. The summed E-state index contributed by atoms with van der Waals surface area (Å²) in [5.74, 6) is 0. The Morgan fingerprint density at radius 2 is 1.50 bits per heavy atom. The summed E-state index contributed by atoms with van der Waals surface area (Å²) in [7, 11) is -2.28. The van der Waals surface area contributed by atoms with Gasteiger partial charge in [-0.2, -0.15) is 0 Å². The molecule has 0 N–H and O–H groups in total. The summed E-state index contributed by atoms with van der Waals surface area (Å²) in [4.78, 5) is 0. The van der Waals surface area contributed by atoms with Gasteiger partial charge in [-0.3, -0.25) is 4.57 Å². The standard InChI is InChI=1S/C8H15O3P/c1-3-5-7-10-12(9)11-8-6-4-2/h3-4,12H,1-2,5-8H2. The molecule has 0 aliphatic carbocycles. The van der Waals surface area contributed by atoms with E-state index in [2.05, 4.69) is 13.2 Å². The minimum Gasteiger partial charge on any atom is -0.310 e. The minimum atomic E-state index is -2.28. The van der Waals surface area contributed by atoms with Gasteiger partial charge in [-0.15, -0.1) is 13.2 Å². The Kier molecular flexibility index (Phi) is 8.46. The van der Waals surface area contributed by atoms with Crippen molar-refractivity contribution in [3.8, 4) is 0 Å². The second kappa shape index (κ2) is 8.72. The van der Waals surface area contributed by atoms with Gasteiger partial charge in [0.2, 0.25) is 0 Å². The summed E-state index contributed by atoms with van der Waals surface area (Å²) < 4.78 is 20.6. The molecule has 0 rings (SSSR count). The third-order valence-corrected chi connectivity index (χ3v) is 1.96. The molecule has 0 heterocycles. The molecular weight excluding hydrogens is 175 g/mol. The first kappa shape index (κ1) is 11.6. The Bertz CT molecular complexity index is 140. The molecule has 0 aliphatic rings. The van der Waals surface area contributed by atoms with Crippen molar-refractivity contribution in [3.63, 3.8) is 0 Å². The van der Waals surface area contributed by atoms with Crippen molar-refractivity contribution in [2.24, 2.45) is 0 Å². The van der Waals surface area contributed by atoms with Crippen LogP contribution in [0, 0.1) is 0 Å². The van der Waals surface area contributed by atoms with Crippen LogP contribution < -0.4 is 0 Å². The zero-order chi connectivity index (χ0) is 9.23. The van der Waals surface area contributed by atoms with Crippen molar-refractivity contribution in [2.45, 2.75) is 12.8 Å². The van der Waals surface area contributed by atoms with E-state index in [-0.39, 0.29) is 0 Å². The average molecular weight is 190 g/mol. The Morgan fingerprint density at radius 1 is 1.08 bits per heavy atom. The van der Waals surface area contributed by atoms with Crippen LogP contribution in [-0.4, -0.2) is 13.2 Å². The van der Waals surface area contributed by atoms with Gasteiger partial charge in [0.05, 0.1) is 13.2 Å². The molecule has 4 heteroatoms. The van der Waals surface area contributed by atoms with Crippen molar-refractivity contribution >= 4 is 8.25 Å². The summed E-state index contributed by atoms with van der Waals surface area (Å²) in [6.45, 7) is 7.84. The normalized spacial score (nSPS) is 10.1. The average Bonchev–Trinajstić information content (AvgIpc) is 2.06. The molecule has 0 aromatic rings. The highest BCUT2D eigenvalue weighted by atomic mass is 31.1. The van der Waals surface area contributed by atoms with Gasteiger partial charge in [0.1, 0.15) is 0 Å². The molecule has 0 saturated carbocycles. The second-order valence-corrected chi connectivity index (χ2v) is 3.18. The van der Waals surface area contributed by atoms with E-state index < -0.39 is 8.25 Å². The fraction of sp³-hybridized carbons (Fsp3) is 0.500. The van der Waals surface area contributed by atoms with Gasteiger partial charge in [-0.05, 0) is 12.8 Å². The maximum atomic E-state index is 10.9. The highest BCUT2D eigenvalue weighted by Gasteiger charge is 1.96. The lowest BCUT2D eigenvalue weighted by Crippen LogP contribution is -1.88. The molecule has 0 aromatic heterocycles. The van der Waals surface area contributed by atoms with Gasteiger partial charge in [0, 0.05) is 0 Å². The lowest BCUT2D eigenvalue weighted by atomic mass is 10.5. The molecule has 0 aliphatic heterocycles. The Morgan fingerprint density at radius 3 is 1.83 bits per heavy atom. The third kappa shape index (κ3) is 7.73. The number of rotatable bonds is 8. The molecule has 0 bridgehead atoms. The van der Waals surface area contributed by atoms with Gasteiger partial charge in [0.15, 0.2) is 0 Å². The maximum absolute atomic E-state index is 10.9. The van der Waals surface area contributed by atoms with E-state index in [0.717, 1.165) is 0 Å².